The fourth-order valence-electron chi connectivity index (χ4n) is 2.96. The lowest BCUT2D eigenvalue weighted by molar-refractivity contribution is -0.0217. The van der Waals surface area contributed by atoms with Gasteiger partial charge in [0.05, 0.1) is 6.10 Å². The Morgan fingerprint density at radius 2 is 1.81 bits per heavy atom. The van der Waals surface area contributed by atoms with E-state index < -0.39 is 0 Å². The molecule has 1 aliphatic rings. The van der Waals surface area contributed by atoms with Crippen LogP contribution in [-0.2, 0) is 0 Å². The first kappa shape index (κ1) is 13.7. The number of rotatable bonds is 5. The van der Waals surface area contributed by atoms with Crippen molar-refractivity contribution in [2.75, 3.05) is 14.1 Å². The third-order valence-corrected chi connectivity index (χ3v) is 4.12. The highest BCUT2D eigenvalue weighted by molar-refractivity contribution is 4.96. The van der Waals surface area contributed by atoms with Crippen molar-refractivity contribution >= 4 is 0 Å². The minimum absolute atomic E-state index is 0.0134. The summed E-state index contributed by atoms with van der Waals surface area (Å²) in [5, 5.41) is 10.5. The van der Waals surface area contributed by atoms with E-state index in [0.717, 1.165) is 25.7 Å². The number of likely N-dealkylation sites (N-methyl/N-ethyl adjacent to an activating group) is 1. The maximum atomic E-state index is 10.5. The van der Waals surface area contributed by atoms with E-state index in [1.807, 2.05) is 6.08 Å². The van der Waals surface area contributed by atoms with Crippen LogP contribution in [0, 0.1) is 0 Å². The van der Waals surface area contributed by atoms with Crippen LogP contribution in [0.15, 0.2) is 12.7 Å². The van der Waals surface area contributed by atoms with Gasteiger partial charge in [-0.05, 0) is 39.8 Å². The van der Waals surface area contributed by atoms with Crippen LogP contribution in [-0.4, -0.2) is 35.7 Å². The summed E-state index contributed by atoms with van der Waals surface area (Å²) in [6.45, 7) is 3.74. The first-order valence-electron chi connectivity index (χ1n) is 6.60. The Morgan fingerprint density at radius 1 is 1.25 bits per heavy atom. The lowest BCUT2D eigenvalue weighted by Crippen LogP contribution is -2.53. The molecule has 1 fully saturated rings. The molecule has 0 radical (unpaired) electrons. The van der Waals surface area contributed by atoms with E-state index >= 15 is 0 Å². The summed E-state index contributed by atoms with van der Waals surface area (Å²) in [5.74, 6) is 0. The zero-order chi connectivity index (χ0) is 12.0. The summed E-state index contributed by atoms with van der Waals surface area (Å²) in [6, 6.07) is 0. The van der Waals surface area contributed by atoms with Gasteiger partial charge in [0.1, 0.15) is 0 Å². The molecule has 1 saturated carbocycles. The average Bonchev–Trinajstić information content (AvgIpc) is 2.52. The average molecular weight is 225 g/mol. The van der Waals surface area contributed by atoms with Gasteiger partial charge in [-0.15, -0.1) is 6.58 Å². The molecule has 0 aromatic rings. The van der Waals surface area contributed by atoms with Crippen molar-refractivity contribution < 1.29 is 5.11 Å². The largest absolute Gasteiger partial charge is 0.391 e. The van der Waals surface area contributed by atoms with Crippen LogP contribution in [0.25, 0.3) is 0 Å². The molecule has 0 amide bonds. The highest BCUT2D eigenvalue weighted by Crippen LogP contribution is 2.35. The molecule has 0 aromatic heterocycles. The van der Waals surface area contributed by atoms with E-state index in [1.54, 1.807) is 0 Å². The Labute approximate surface area is 100 Å². The number of allylic oxidation sites excluding steroid dienone is 1. The van der Waals surface area contributed by atoms with Gasteiger partial charge >= 0.3 is 0 Å². The molecule has 0 bridgehead atoms. The van der Waals surface area contributed by atoms with Gasteiger partial charge in [-0.2, -0.15) is 0 Å². The van der Waals surface area contributed by atoms with Crippen LogP contribution in [0.1, 0.15) is 51.4 Å². The van der Waals surface area contributed by atoms with Crippen molar-refractivity contribution in [1.82, 2.24) is 4.90 Å². The van der Waals surface area contributed by atoms with Crippen molar-refractivity contribution in [3.63, 3.8) is 0 Å². The summed E-state index contributed by atoms with van der Waals surface area (Å²) in [7, 11) is 4.23. The SMILES string of the molecule is C=CCCC(O)C1(N(C)C)CCCCCC1. The fourth-order valence-corrected chi connectivity index (χ4v) is 2.96. The van der Waals surface area contributed by atoms with Crippen molar-refractivity contribution in [3.8, 4) is 0 Å². The van der Waals surface area contributed by atoms with Crippen molar-refractivity contribution in [2.45, 2.75) is 63.0 Å². The molecule has 94 valence electrons. The maximum absolute atomic E-state index is 10.5. The smallest absolute Gasteiger partial charge is 0.0726 e. The van der Waals surface area contributed by atoms with Crippen LogP contribution in [0.4, 0.5) is 0 Å². The van der Waals surface area contributed by atoms with Gasteiger partial charge in [0.2, 0.25) is 0 Å². The van der Waals surface area contributed by atoms with Crippen LogP contribution >= 0.6 is 0 Å². The third-order valence-electron chi connectivity index (χ3n) is 4.12. The Bertz CT molecular complexity index is 205. The van der Waals surface area contributed by atoms with Crippen LogP contribution in [0.2, 0.25) is 0 Å². The van der Waals surface area contributed by atoms with E-state index in [2.05, 4.69) is 25.6 Å². The minimum atomic E-state index is -0.210. The van der Waals surface area contributed by atoms with Crippen LogP contribution in [0.5, 0.6) is 0 Å². The first-order chi connectivity index (χ1) is 7.63. The molecule has 0 spiro atoms. The van der Waals surface area contributed by atoms with E-state index in [-0.39, 0.29) is 11.6 Å². The lowest BCUT2D eigenvalue weighted by atomic mass is 9.81. The summed E-state index contributed by atoms with van der Waals surface area (Å²) in [4.78, 5) is 2.26. The summed E-state index contributed by atoms with van der Waals surface area (Å²) in [5.41, 5.74) is 0.0134. The highest BCUT2D eigenvalue weighted by atomic mass is 16.3. The molecule has 2 nitrogen and oxygen atoms in total. The van der Waals surface area contributed by atoms with E-state index in [0.29, 0.717) is 0 Å². The molecule has 2 heteroatoms. The number of aliphatic hydroxyl groups excluding tert-OH is 1. The molecule has 1 rings (SSSR count). The van der Waals surface area contributed by atoms with Gasteiger partial charge in [0.15, 0.2) is 0 Å². The molecule has 16 heavy (non-hydrogen) atoms. The predicted octanol–water partition coefficient (Wildman–Crippen LogP) is 2.97. The molecule has 0 aliphatic heterocycles. The Balaban J connectivity index is 2.72. The fraction of sp³-hybridized carbons (Fsp3) is 0.857. The second kappa shape index (κ2) is 6.41. The molecular weight excluding hydrogens is 198 g/mol. The molecule has 0 aromatic carbocycles. The van der Waals surface area contributed by atoms with Crippen LogP contribution < -0.4 is 0 Å². The Morgan fingerprint density at radius 3 is 2.25 bits per heavy atom. The van der Waals surface area contributed by atoms with E-state index in [9.17, 15) is 5.11 Å². The molecule has 1 N–H and O–H groups in total. The summed E-state index contributed by atoms with van der Waals surface area (Å²) < 4.78 is 0. The second-order valence-corrected chi connectivity index (χ2v) is 5.29. The standard InChI is InChI=1S/C14H27NO/c1-4-5-10-13(16)14(15(2)3)11-8-6-7-9-12-14/h4,13,16H,1,5-12H2,2-3H3. The third kappa shape index (κ3) is 3.08. The van der Waals surface area contributed by atoms with Crippen molar-refractivity contribution in [3.05, 3.63) is 12.7 Å². The number of hydrogen-bond donors (Lipinski definition) is 1. The number of aliphatic hydroxyl groups is 1. The maximum Gasteiger partial charge on any atom is 0.0726 e. The van der Waals surface area contributed by atoms with E-state index in [1.165, 1.54) is 25.7 Å². The van der Waals surface area contributed by atoms with Gasteiger partial charge in [0.25, 0.3) is 0 Å². The quantitative estimate of drug-likeness (QED) is 0.574. The highest BCUT2D eigenvalue weighted by Gasteiger charge is 2.39. The number of nitrogens with zero attached hydrogens (tertiary/aromatic N) is 1. The van der Waals surface area contributed by atoms with Gasteiger partial charge in [-0.3, -0.25) is 0 Å². The zero-order valence-electron chi connectivity index (χ0n) is 10.9. The molecule has 1 unspecified atom stereocenters. The van der Waals surface area contributed by atoms with Gasteiger partial charge in [-0.25, -0.2) is 0 Å². The summed E-state index contributed by atoms with van der Waals surface area (Å²) >= 11 is 0. The Kier molecular flexibility index (Phi) is 5.50. The monoisotopic (exact) mass is 225 g/mol. The molecule has 1 atom stereocenters. The van der Waals surface area contributed by atoms with Crippen LogP contribution in [0.3, 0.4) is 0 Å². The predicted molar refractivity (Wildman–Crippen MR) is 69.6 cm³/mol. The Hall–Kier alpha value is -0.340. The van der Waals surface area contributed by atoms with Gasteiger partial charge in [0, 0.05) is 5.54 Å². The number of hydrogen-bond acceptors (Lipinski definition) is 2. The lowest BCUT2D eigenvalue weighted by Gasteiger charge is -2.43. The zero-order valence-corrected chi connectivity index (χ0v) is 10.9. The summed E-state index contributed by atoms with van der Waals surface area (Å²) in [6.07, 6.45) is 10.9. The van der Waals surface area contributed by atoms with Gasteiger partial charge < -0.3 is 10.0 Å². The first-order valence-corrected chi connectivity index (χ1v) is 6.60. The van der Waals surface area contributed by atoms with Crippen molar-refractivity contribution in [1.29, 1.82) is 0 Å². The molecule has 1 aliphatic carbocycles. The normalized spacial score (nSPS) is 22.8. The molecule has 0 heterocycles. The second-order valence-electron chi connectivity index (χ2n) is 5.29. The van der Waals surface area contributed by atoms with E-state index in [4.69, 9.17) is 0 Å². The molecular formula is C14H27NO. The van der Waals surface area contributed by atoms with Gasteiger partial charge in [-0.1, -0.05) is 31.8 Å². The molecule has 0 saturated heterocycles. The van der Waals surface area contributed by atoms with Crippen molar-refractivity contribution in [2.24, 2.45) is 0 Å². The topological polar surface area (TPSA) is 23.5 Å². The minimum Gasteiger partial charge on any atom is -0.391 e.